The Morgan fingerprint density at radius 2 is 2.29 bits per heavy atom. The molecular weight excluding hydrogens is 286 g/mol. The Morgan fingerprint density at radius 3 is 2.88 bits per heavy atom. The van der Waals surface area contributed by atoms with Crippen LogP contribution in [0.2, 0.25) is 0 Å². The highest BCUT2D eigenvalue weighted by atomic mass is 79.9. The molecule has 1 N–H and O–H groups in total. The number of nitro groups is 1. The third-order valence-corrected chi connectivity index (χ3v) is 3.72. The minimum atomic E-state index is -0.404. The molecule has 92 valence electrons. The average molecular weight is 300 g/mol. The van der Waals surface area contributed by atoms with Crippen LogP contribution in [0, 0.1) is 16.0 Å². The molecule has 1 aliphatic rings. The van der Waals surface area contributed by atoms with Gasteiger partial charge in [-0.3, -0.25) is 15.1 Å². The van der Waals surface area contributed by atoms with Crippen molar-refractivity contribution in [1.29, 1.82) is 0 Å². The van der Waals surface area contributed by atoms with Crippen molar-refractivity contribution < 1.29 is 4.92 Å². The molecule has 1 heterocycles. The van der Waals surface area contributed by atoms with Crippen molar-refractivity contribution >= 4 is 27.3 Å². The molecule has 0 spiro atoms. The third kappa shape index (κ3) is 2.74. The zero-order valence-electron chi connectivity index (χ0n) is 9.52. The van der Waals surface area contributed by atoms with Crippen LogP contribution in [0.4, 0.5) is 11.4 Å². The highest BCUT2D eigenvalue weighted by molar-refractivity contribution is 9.10. The molecule has 0 saturated heterocycles. The number of aromatic nitrogens is 1. The molecule has 1 aromatic rings. The molecule has 0 aromatic carbocycles. The summed E-state index contributed by atoms with van der Waals surface area (Å²) in [6.45, 7) is 2.21. The Labute approximate surface area is 108 Å². The first kappa shape index (κ1) is 12.3. The highest BCUT2D eigenvalue weighted by Crippen LogP contribution is 2.35. The fourth-order valence-corrected chi connectivity index (χ4v) is 2.68. The summed E-state index contributed by atoms with van der Waals surface area (Å²) in [5, 5.41) is 14.2. The molecule has 6 heteroatoms. The maximum Gasteiger partial charge on any atom is 0.311 e. The first-order chi connectivity index (χ1) is 8.08. The molecule has 2 unspecified atom stereocenters. The molecule has 1 fully saturated rings. The molecule has 1 aliphatic carbocycles. The quantitative estimate of drug-likeness (QED) is 0.686. The van der Waals surface area contributed by atoms with Gasteiger partial charge in [-0.05, 0) is 41.1 Å². The molecule has 1 aromatic heterocycles. The highest BCUT2D eigenvalue weighted by Gasteiger charge is 2.25. The van der Waals surface area contributed by atoms with E-state index >= 15 is 0 Å². The van der Waals surface area contributed by atoms with Gasteiger partial charge in [-0.2, -0.15) is 0 Å². The zero-order valence-corrected chi connectivity index (χ0v) is 11.1. The van der Waals surface area contributed by atoms with Gasteiger partial charge >= 0.3 is 5.69 Å². The fourth-order valence-electron chi connectivity index (χ4n) is 2.25. The third-order valence-electron chi connectivity index (χ3n) is 3.12. The lowest BCUT2D eigenvalue weighted by atomic mass is 10.1. The van der Waals surface area contributed by atoms with Crippen LogP contribution in [-0.4, -0.2) is 15.9 Å². The van der Waals surface area contributed by atoms with E-state index < -0.39 is 4.92 Å². The molecule has 1 saturated carbocycles. The fraction of sp³-hybridized carbons (Fsp3) is 0.545. The van der Waals surface area contributed by atoms with Crippen LogP contribution >= 0.6 is 15.9 Å². The lowest BCUT2D eigenvalue weighted by molar-refractivity contribution is -0.384. The van der Waals surface area contributed by atoms with Gasteiger partial charge in [0.05, 0.1) is 9.40 Å². The van der Waals surface area contributed by atoms with Crippen LogP contribution in [0.15, 0.2) is 16.9 Å². The summed E-state index contributed by atoms with van der Waals surface area (Å²) >= 11 is 3.31. The summed E-state index contributed by atoms with van der Waals surface area (Å²) in [5.41, 5.74) is 0.572. The Hall–Kier alpha value is -1.17. The lowest BCUT2D eigenvalue weighted by Crippen LogP contribution is -2.16. The van der Waals surface area contributed by atoms with Gasteiger partial charge in [-0.1, -0.05) is 6.92 Å². The summed E-state index contributed by atoms with van der Waals surface area (Å²) in [6, 6.07) is 0.322. The molecular formula is C11H14BrN3O2. The number of pyridine rings is 1. The van der Waals surface area contributed by atoms with Crippen LogP contribution in [0.25, 0.3) is 0 Å². The van der Waals surface area contributed by atoms with Gasteiger partial charge in [-0.25, -0.2) is 0 Å². The van der Waals surface area contributed by atoms with E-state index in [2.05, 4.69) is 33.2 Å². The summed E-state index contributed by atoms with van der Waals surface area (Å²) in [4.78, 5) is 14.3. The second-order valence-corrected chi connectivity index (χ2v) is 5.39. The van der Waals surface area contributed by atoms with Crippen LogP contribution < -0.4 is 5.32 Å². The first-order valence-electron chi connectivity index (χ1n) is 5.62. The van der Waals surface area contributed by atoms with Crippen LogP contribution in [0.3, 0.4) is 0 Å². The van der Waals surface area contributed by atoms with Crippen molar-refractivity contribution in [2.75, 3.05) is 5.32 Å². The number of rotatable bonds is 3. The number of hydrogen-bond acceptors (Lipinski definition) is 4. The van der Waals surface area contributed by atoms with E-state index in [0.717, 1.165) is 12.8 Å². The summed E-state index contributed by atoms with van der Waals surface area (Å²) in [5.74, 6) is 0.687. The lowest BCUT2D eigenvalue weighted by Gasteiger charge is -2.14. The second-order valence-electron chi connectivity index (χ2n) is 4.53. The Kier molecular flexibility index (Phi) is 3.61. The van der Waals surface area contributed by atoms with Crippen LogP contribution in [0.5, 0.6) is 0 Å². The molecule has 2 atom stereocenters. The van der Waals surface area contributed by atoms with Gasteiger partial charge in [0.2, 0.25) is 0 Å². The molecule has 0 bridgehead atoms. The Bertz CT molecular complexity index is 439. The van der Waals surface area contributed by atoms with Crippen LogP contribution in [0.1, 0.15) is 26.2 Å². The van der Waals surface area contributed by atoms with E-state index in [1.807, 2.05) is 0 Å². The molecule has 5 nitrogen and oxygen atoms in total. The van der Waals surface area contributed by atoms with Gasteiger partial charge in [0, 0.05) is 12.2 Å². The minimum absolute atomic E-state index is 0.0268. The predicted molar refractivity (Wildman–Crippen MR) is 69.0 cm³/mol. The zero-order chi connectivity index (χ0) is 12.4. The molecule has 17 heavy (non-hydrogen) atoms. The first-order valence-corrected chi connectivity index (χ1v) is 6.41. The van der Waals surface area contributed by atoms with Crippen molar-refractivity contribution in [3.8, 4) is 0 Å². The smallest absolute Gasteiger partial charge is 0.311 e. The van der Waals surface area contributed by atoms with Gasteiger partial charge < -0.3 is 5.32 Å². The van der Waals surface area contributed by atoms with E-state index in [9.17, 15) is 10.1 Å². The summed E-state index contributed by atoms with van der Waals surface area (Å²) < 4.78 is 0.645. The average Bonchev–Trinajstić information content (AvgIpc) is 2.67. The summed E-state index contributed by atoms with van der Waals surface area (Å²) in [7, 11) is 0. The van der Waals surface area contributed by atoms with E-state index in [4.69, 9.17) is 0 Å². The van der Waals surface area contributed by atoms with Gasteiger partial charge in [0.25, 0.3) is 0 Å². The van der Waals surface area contributed by atoms with Gasteiger partial charge in [-0.15, -0.1) is 0 Å². The molecule has 0 aliphatic heterocycles. The largest absolute Gasteiger partial charge is 0.376 e. The topological polar surface area (TPSA) is 68.1 Å². The van der Waals surface area contributed by atoms with Crippen molar-refractivity contribution in [1.82, 2.24) is 4.98 Å². The maximum atomic E-state index is 10.9. The molecule has 0 radical (unpaired) electrons. The number of nitrogens with zero attached hydrogens (tertiary/aromatic N) is 2. The second kappa shape index (κ2) is 5.00. The maximum absolute atomic E-state index is 10.9. The SMILES string of the molecule is CC1CCC(Nc2c(Br)cncc2[N+](=O)[O-])C1. The molecule has 2 rings (SSSR count). The van der Waals surface area contributed by atoms with Gasteiger partial charge in [0.15, 0.2) is 0 Å². The number of hydrogen-bond donors (Lipinski definition) is 1. The standard InChI is InChI=1S/C11H14BrN3O2/c1-7-2-3-8(4-7)14-11-9(12)5-13-6-10(11)15(16)17/h5-8H,2-4H2,1H3,(H,13,14). The predicted octanol–water partition coefficient (Wildman–Crippen LogP) is 3.35. The minimum Gasteiger partial charge on any atom is -0.376 e. The Balaban J connectivity index is 2.22. The normalized spacial score (nSPS) is 23.6. The van der Waals surface area contributed by atoms with E-state index in [-0.39, 0.29) is 5.69 Å². The van der Waals surface area contributed by atoms with Crippen molar-refractivity contribution in [2.24, 2.45) is 5.92 Å². The number of anilines is 1. The van der Waals surface area contributed by atoms with Crippen molar-refractivity contribution in [3.05, 3.63) is 27.0 Å². The number of halogens is 1. The summed E-state index contributed by atoms with van der Waals surface area (Å²) in [6.07, 6.45) is 6.16. The monoisotopic (exact) mass is 299 g/mol. The number of nitrogens with one attached hydrogen (secondary N) is 1. The van der Waals surface area contributed by atoms with Crippen molar-refractivity contribution in [2.45, 2.75) is 32.2 Å². The van der Waals surface area contributed by atoms with Crippen LogP contribution in [-0.2, 0) is 0 Å². The van der Waals surface area contributed by atoms with E-state index in [0.29, 0.717) is 22.1 Å². The van der Waals surface area contributed by atoms with Gasteiger partial charge in [0.1, 0.15) is 11.9 Å². The van der Waals surface area contributed by atoms with Crippen molar-refractivity contribution in [3.63, 3.8) is 0 Å². The molecule has 0 amide bonds. The van der Waals surface area contributed by atoms with E-state index in [1.54, 1.807) is 6.20 Å². The van der Waals surface area contributed by atoms with E-state index in [1.165, 1.54) is 12.6 Å². The Morgan fingerprint density at radius 1 is 1.53 bits per heavy atom.